The number of nitrogens with one attached hydrogen (secondary N) is 1. The molecule has 0 aliphatic rings. The summed E-state index contributed by atoms with van der Waals surface area (Å²) in [6.07, 6.45) is 0. The van der Waals surface area contributed by atoms with Crippen molar-refractivity contribution in [3.05, 3.63) is 99.0 Å². The zero-order valence-corrected chi connectivity index (χ0v) is 18.5. The van der Waals surface area contributed by atoms with Gasteiger partial charge in [0.15, 0.2) is 0 Å². The SMILES string of the molecule is COc1ccc(-c2[nH]n(-c3ccc(F)cc3)c(=O)c2C(C)=Nc2cccc(Br)c2)cc1. The van der Waals surface area contributed by atoms with Crippen molar-refractivity contribution >= 4 is 27.3 Å². The zero-order valence-electron chi connectivity index (χ0n) is 16.9. The number of aliphatic imine (C=N–C) groups is 1. The van der Waals surface area contributed by atoms with E-state index < -0.39 is 0 Å². The van der Waals surface area contributed by atoms with Gasteiger partial charge < -0.3 is 4.74 Å². The van der Waals surface area contributed by atoms with E-state index in [2.05, 4.69) is 26.0 Å². The number of nitrogens with zero attached hydrogens (tertiary/aromatic N) is 2. The second-order valence-electron chi connectivity index (χ2n) is 6.88. The molecule has 4 aromatic rings. The summed E-state index contributed by atoms with van der Waals surface area (Å²) >= 11 is 3.44. The average Bonchev–Trinajstić information content (AvgIpc) is 3.11. The van der Waals surface area contributed by atoms with Gasteiger partial charge in [-0.1, -0.05) is 22.0 Å². The first-order valence-corrected chi connectivity index (χ1v) is 10.3. The summed E-state index contributed by atoms with van der Waals surface area (Å²) in [6, 6.07) is 20.7. The Morgan fingerprint density at radius 2 is 1.77 bits per heavy atom. The number of hydrogen-bond acceptors (Lipinski definition) is 3. The Hall–Kier alpha value is -3.45. The molecule has 0 radical (unpaired) electrons. The molecule has 5 nitrogen and oxygen atoms in total. The van der Waals surface area contributed by atoms with Crippen LogP contribution in [0, 0.1) is 5.82 Å². The van der Waals surface area contributed by atoms with Gasteiger partial charge in [0, 0.05) is 10.0 Å². The van der Waals surface area contributed by atoms with Crippen LogP contribution in [0.3, 0.4) is 0 Å². The van der Waals surface area contributed by atoms with Crippen LogP contribution >= 0.6 is 15.9 Å². The molecule has 156 valence electrons. The summed E-state index contributed by atoms with van der Waals surface area (Å²) in [7, 11) is 1.60. The van der Waals surface area contributed by atoms with E-state index in [1.54, 1.807) is 26.2 Å². The molecule has 0 bridgehead atoms. The van der Waals surface area contributed by atoms with E-state index in [0.717, 1.165) is 15.7 Å². The molecule has 1 aromatic heterocycles. The van der Waals surface area contributed by atoms with Crippen LogP contribution < -0.4 is 10.3 Å². The number of H-pyrrole nitrogens is 1. The minimum atomic E-state index is -0.369. The van der Waals surface area contributed by atoms with E-state index in [1.165, 1.54) is 16.8 Å². The van der Waals surface area contributed by atoms with Crippen molar-refractivity contribution in [2.75, 3.05) is 7.11 Å². The van der Waals surface area contributed by atoms with Crippen molar-refractivity contribution in [2.45, 2.75) is 6.92 Å². The number of halogens is 2. The number of ether oxygens (including phenoxy) is 1. The predicted octanol–water partition coefficient (Wildman–Crippen LogP) is 5.88. The van der Waals surface area contributed by atoms with Crippen molar-refractivity contribution in [3.8, 4) is 22.7 Å². The Morgan fingerprint density at radius 3 is 2.42 bits per heavy atom. The summed E-state index contributed by atoms with van der Waals surface area (Å²) in [4.78, 5) is 18.1. The Kier molecular flexibility index (Phi) is 5.86. The molecule has 4 rings (SSSR count). The summed E-state index contributed by atoms with van der Waals surface area (Å²) < 4.78 is 20.9. The fraction of sp³-hybridized carbons (Fsp3) is 0.0833. The van der Waals surface area contributed by atoms with Gasteiger partial charge in [0.1, 0.15) is 11.6 Å². The van der Waals surface area contributed by atoms with Gasteiger partial charge in [0.25, 0.3) is 5.56 Å². The third kappa shape index (κ3) is 4.36. The van der Waals surface area contributed by atoms with E-state index in [4.69, 9.17) is 4.74 Å². The standard InChI is InChI=1S/C24H19BrFN3O2/c1-15(27-19-5-3-4-17(25)14-19)22-23(16-6-12-21(31-2)13-7-16)28-29(24(22)30)20-10-8-18(26)9-11-20/h3-14,28H,1-2H3. The number of hydrogen-bond donors (Lipinski definition) is 1. The van der Waals surface area contributed by atoms with Crippen LogP contribution in [0.25, 0.3) is 16.9 Å². The molecule has 0 saturated carbocycles. The Bertz CT molecular complexity index is 1310. The molecule has 0 unspecified atom stereocenters. The van der Waals surface area contributed by atoms with Crippen LogP contribution in [0.5, 0.6) is 5.75 Å². The zero-order chi connectivity index (χ0) is 22.0. The summed E-state index contributed by atoms with van der Waals surface area (Å²) in [5.41, 5.74) is 3.41. The molecule has 0 saturated heterocycles. The first-order chi connectivity index (χ1) is 15.0. The smallest absolute Gasteiger partial charge is 0.280 e. The highest BCUT2D eigenvalue weighted by Gasteiger charge is 2.19. The minimum Gasteiger partial charge on any atom is -0.497 e. The Morgan fingerprint density at radius 1 is 1.06 bits per heavy atom. The molecule has 1 heterocycles. The largest absolute Gasteiger partial charge is 0.497 e. The highest BCUT2D eigenvalue weighted by molar-refractivity contribution is 9.10. The van der Waals surface area contributed by atoms with Crippen LogP contribution in [-0.2, 0) is 0 Å². The van der Waals surface area contributed by atoms with E-state index in [0.29, 0.717) is 28.4 Å². The van der Waals surface area contributed by atoms with Crippen LogP contribution in [0.1, 0.15) is 12.5 Å². The predicted molar refractivity (Wildman–Crippen MR) is 124 cm³/mol. The number of aromatic amines is 1. The van der Waals surface area contributed by atoms with Crippen molar-refractivity contribution in [2.24, 2.45) is 4.99 Å². The molecular formula is C24H19BrFN3O2. The maximum atomic E-state index is 13.4. The first kappa shape index (κ1) is 20.8. The van der Waals surface area contributed by atoms with E-state index in [-0.39, 0.29) is 11.4 Å². The van der Waals surface area contributed by atoms with Gasteiger partial charge in [-0.05, 0) is 73.7 Å². The first-order valence-electron chi connectivity index (χ1n) is 9.53. The summed E-state index contributed by atoms with van der Waals surface area (Å²) in [6.45, 7) is 1.80. The molecule has 0 fully saturated rings. The van der Waals surface area contributed by atoms with Crippen molar-refractivity contribution in [1.29, 1.82) is 0 Å². The molecule has 31 heavy (non-hydrogen) atoms. The highest BCUT2D eigenvalue weighted by atomic mass is 79.9. The van der Waals surface area contributed by atoms with Gasteiger partial charge in [0.2, 0.25) is 0 Å². The van der Waals surface area contributed by atoms with E-state index in [9.17, 15) is 9.18 Å². The third-order valence-corrected chi connectivity index (χ3v) is 5.31. The van der Waals surface area contributed by atoms with Crippen molar-refractivity contribution in [1.82, 2.24) is 9.78 Å². The number of aromatic nitrogens is 2. The molecule has 1 N–H and O–H groups in total. The molecule has 0 spiro atoms. The maximum absolute atomic E-state index is 13.4. The lowest BCUT2D eigenvalue weighted by Crippen LogP contribution is -2.19. The van der Waals surface area contributed by atoms with Gasteiger partial charge in [0.05, 0.1) is 35.5 Å². The van der Waals surface area contributed by atoms with Crippen LogP contribution in [0.15, 0.2) is 87.1 Å². The maximum Gasteiger partial charge on any atom is 0.280 e. The highest BCUT2D eigenvalue weighted by Crippen LogP contribution is 2.26. The average molecular weight is 480 g/mol. The molecular weight excluding hydrogens is 461 g/mol. The van der Waals surface area contributed by atoms with Gasteiger partial charge in [-0.2, -0.15) is 0 Å². The van der Waals surface area contributed by atoms with E-state index in [1.807, 2.05) is 48.5 Å². The van der Waals surface area contributed by atoms with Gasteiger partial charge in [-0.25, -0.2) is 9.07 Å². The quantitative estimate of drug-likeness (QED) is 0.363. The van der Waals surface area contributed by atoms with Crippen LogP contribution in [0.2, 0.25) is 0 Å². The lowest BCUT2D eigenvalue weighted by Gasteiger charge is -2.05. The van der Waals surface area contributed by atoms with Crippen molar-refractivity contribution < 1.29 is 9.13 Å². The minimum absolute atomic E-state index is 0.270. The second-order valence-corrected chi connectivity index (χ2v) is 7.80. The fourth-order valence-corrected chi connectivity index (χ4v) is 3.69. The van der Waals surface area contributed by atoms with Crippen LogP contribution in [0.4, 0.5) is 10.1 Å². The Balaban J connectivity index is 1.90. The lowest BCUT2D eigenvalue weighted by molar-refractivity contribution is 0.415. The molecule has 7 heteroatoms. The number of methoxy groups -OCH3 is 1. The number of benzene rings is 3. The molecule has 0 amide bonds. The Labute approximate surface area is 187 Å². The second kappa shape index (κ2) is 8.73. The monoisotopic (exact) mass is 479 g/mol. The normalized spacial score (nSPS) is 11.5. The van der Waals surface area contributed by atoms with Gasteiger partial charge in [-0.15, -0.1) is 0 Å². The van der Waals surface area contributed by atoms with Crippen LogP contribution in [-0.4, -0.2) is 22.6 Å². The molecule has 3 aromatic carbocycles. The molecule has 0 aliphatic heterocycles. The summed E-state index contributed by atoms with van der Waals surface area (Å²) in [5.74, 6) is 0.344. The summed E-state index contributed by atoms with van der Waals surface area (Å²) in [5, 5.41) is 3.17. The topological polar surface area (TPSA) is 59.4 Å². The van der Waals surface area contributed by atoms with E-state index >= 15 is 0 Å². The van der Waals surface area contributed by atoms with Gasteiger partial charge >= 0.3 is 0 Å². The third-order valence-electron chi connectivity index (χ3n) is 4.82. The van der Waals surface area contributed by atoms with Gasteiger partial charge in [-0.3, -0.25) is 14.9 Å². The van der Waals surface area contributed by atoms with Crippen molar-refractivity contribution in [3.63, 3.8) is 0 Å². The lowest BCUT2D eigenvalue weighted by atomic mass is 10.0. The molecule has 0 atom stereocenters. The fourth-order valence-electron chi connectivity index (χ4n) is 3.31. The molecule has 0 aliphatic carbocycles. The number of rotatable bonds is 5.